The first-order chi connectivity index (χ1) is 11.1. The minimum atomic E-state index is -0.321. The number of ether oxygens (including phenoxy) is 1. The molecule has 1 aliphatic rings. The van der Waals surface area contributed by atoms with Crippen LogP contribution >= 0.6 is 0 Å². The van der Waals surface area contributed by atoms with E-state index in [0.717, 1.165) is 19.6 Å². The van der Waals surface area contributed by atoms with E-state index in [4.69, 9.17) is 4.74 Å². The molecule has 2 unspecified atom stereocenters. The van der Waals surface area contributed by atoms with E-state index in [1.807, 2.05) is 0 Å². The van der Waals surface area contributed by atoms with Gasteiger partial charge >= 0.3 is 0 Å². The van der Waals surface area contributed by atoms with Gasteiger partial charge in [-0.3, -0.25) is 0 Å². The smallest absolute Gasteiger partial charge is 0.121 e. The predicted octanol–water partition coefficient (Wildman–Crippen LogP) is 4.16. The van der Waals surface area contributed by atoms with Gasteiger partial charge in [0.15, 0.2) is 0 Å². The van der Waals surface area contributed by atoms with Gasteiger partial charge < -0.3 is 9.64 Å². The fourth-order valence-corrected chi connectivity index (χ4v) is 4.18. The van der Waals surface area contributed by atoms with Crippen LogP contribution in [0.25, 0.3) is 0 Å². The Balaban J connectivity index is 2.09. The highest BCUT2D eigenvalue weighted by Crippen LogP contribution is 2.49. The van der Waals surface area contributed by atoms with Gasteiger partial charge in [0.1, 0.15) is 5.60 Å². The van der Waals surface area contributed by atoms with Gasteiger partial charge in [-0.2, -0.15) is 0 Å². The summed E-state index contributed by atoms with van der Waals surface area (Å²) in [5.41, 5.74) is 2.23. The van der Waals surface area contributed by atoms with Crippen LogP contribution in [0.3, 0.4) is 0 Å². The standard InChI is InChI=1S/C21H27NO/c1-17(16-22(2)3)20-14-15-23-21(20,18-10-6-4-7-11-18)19-12-8-5-9-13-19/h4-13,17,20H,14-16H2,1-3H3. The predicted molar refractivity (Wildman–Crippen MR) is 95.4 cm³/mol. The van der Waals surface area contributed by atoms with Crippen LogP contribution in [0.15, 0.2) is 60.7 Å². The lowest BCUT2D eigenvalue weighted by molar-refractivity contribution is -0.00614. The fourth-order valence-electron chi connectivity index (χ4n) is 4.18. The van der Waals surface area contributed by atoms with Gasteiger partial charge in [0.05, 0.1) is 0 Å². The summed E-state index contributed by atoms with van der Waals surface area (Å²) in [6.45, 7) is 4.27. The largest absolute Gasteiger partial charge is 0.365 e. The van der Waals surface area contributed by atoms with Gasteiger partial charge in [-0.05, 0) is 37.6 Å². The second-order valence-electron chi connectivity index (χ2n) is 6.95. The molecule has 122 valence electrons. The monoisotopic (exact) mass is 309 g/mol. The third-order valence-corrected chi connectivity index (χ3v) is 5.03. The van der Waals surface area contributed by atoms with Gasteiger partial charge in [-0.25, -0.2) is 0 Å². The van der Waals surface area contributed by atoms with Crippen LogP contribution in [0.5, 0.6) is 0 Å². The van der Waals surface area contributed by atoms with Crippen molar-refractivity contribution in [2.45, 2.75) is 18.9 Å². The molecule has 2 aromatic rings. The van der Waals surface area contributed by atoms with E-state index in [0.29, 0.717) is 11.8 Å². The molecular formula is C21H27NO. The molecule has 1 heterocycles. The van der Waals surface area contributed by atoms with E-state index in [1.165, 1.54) is 11.1 Å². The molecule has 0 saturated carbocycles. The topological polar surface area (TPSA) is 12.5 Å². The van der Waals surface area contributed by atoms with Crippen LogP contribution in [-0.2, 0) is 10.3 Å². The normalized spacial score (nSPS) is 21.5. The SMILES string of the molecule is CC(CN(C)C)C1CCOC1(c1ccccc1)c1ccccc1. The van der Waals surface area contributed by atoms with E-state index < -0.39 is 0 Å². The summed E-state index contributed by atoms with van der Waals surface area (Å²) in [6, 6.07) is 21.5. The van der Waals surface area contributed by atoms with Crippen molar-refractivity contribution in [1.29, 1.82) is 0 Å². The molecule has 2 aromatic carbocycles. The molecule has 2 atom stereocenters. The average Bonchev–Trinajstić information content (AvgIpc) is 3.02. The first kappa shape index (κ1) is 16.2. The maximum Gasteiger partial charge on any atom is 0.121 e. The van der Waals surface area contributed by atoms with E-state index in [-0.39, 0.29) is 5.60 Å². The third-order valence-electron chi connectivity index (χ3n) is 5.03. The highest BCUT2D eigenvalue weighted by atomic mass is 16.5. The van der Waals surface area contributed by atoms with Crippen molar-refractivity contribution in [2.75, 3.05) is 27.2 Å². The van der Waals surface area contributed by atoms with Gasteiger partial charge in [0, 0.05) is 19.1 Å². The molecule has 0 aliphatic carbocycles. The third kappa shape index (κ3) is 3.06. The highest BCUT2D eigenvalue weighted by Gasteiger charge is 2.49. The molecule has 23 heavy (non-hydrogen) atoms. The summed E-state index contributed by atoms with van der Waals surface area (Å²) >= 11 is 0. The number of hydrogen-bond donors (Lipinski definition) is 0. The molecule has 0 aromatic heterocycles. The summed E-state index contributed by atoms with van der Waals surface area (Å²) < 4.78 is 6.51. The Morgan fingerprint density at radius 1 is 1.00 bits per heavy atom. The zero-order chi connectivity index (χ0) is 16.3. The average molecular weight is 309 g/mol. The van der Waals surface area contributed by atoms with Crippen LogP contribution in [0.2, 0.25) is 0 Å². The van der Waals surface area contributed by atoms with Crippen LogP contribution < -0.4 is 0 Å². The molecule has 2 nitrogen and oxygen atoms in total. The Labute approximate surface area is 140 Å². The van der Waals surface area contributed by atoms with Crippen molar-refractivity contribution in [1.82, 2.24) is 4.90 Å². The van der Waals surface area contributed by atoms with Gasteiger partial charge in [0.2, 0.25) is 0 Å². The number of hydrogen-bond acceptors (Lipinski definition) is 2. The van der Waals surface area contributed by atoms with Gasteiger partial charge in [0.25, 0.3) is 0 Å². The zero-order valence-corrected chi connectivity index (χ0v) is 14.4. The lowest BCUT2D eigenvalue weighted by Crippen LogP contribution is -2.40. The quantitative estimate of drug-likeness (QED) is 0.822. The second-order valence-corrected chi connectivity index (χ2v) is 6.95. The highest BCUT2D eigenvalue weighted by molar-refractivity contribution is 5.38. The van der Waals surface area contributed by atoms with Crippen LogP contribution in [-0.4, -0.2) is 32.1 Å². The molecule has 0 amide bonds. The van der Waals surface area contributed by atoms with Crippen molar-refractivity contribution in [3.05, 3.63) is 71.8 Å². The number of benzene rings is 2. The van der Waals surface area contributed by atoms with Gasteiger partial charge in [-0.15, -0.1) is 0 Å². The molecule has 0 spiro atoms. The lowest BCUT2D eigenvalue weighted by Gasteiger charge is -2.39. The van der Waals surface area contributed by atoms with Gasteiger partial charge in [-0.1, -0.05) is 67.6 Å². The molecule has 1 saturated heterocycles. The second kappa shape index (κ2) is 6.86. The Hall–Kier alpha value is -1.64. The summed E-state index contributed by atoms with van der Waals surface area (Å²) in [5, 5.41) is 0. The summed E-state index contributed by atoms with van der Waals surface area (Å²) in [4.78, 5) is 2.28. The molecule has 0 radical (unpaired) electrons. The molecule has 0 N–H and O–H groups in total. The summed E-state index contributed by atoms with van der Waals surface area (Å²) in [7, 11) is 4.30. The maximum absolute atomic E-state index is 6.51. The Morgan fingerprint density at radius 3 is 2.00 bits per heavy atom. The van der Waals surface area contributed by atoms with Crippen molar-refractivity contribution in [2.24, 2.45) is 11.8 Å². The summed E-state index contributed by atoms with van der Waals surface area (Å²) in [5.74, 6) is 1.04. The Bertz CT molecular complexity index is 569. The molecule has 1 aliphatic heterocycles. The molecule has 3 rings (SSSR count). The molecule has 2 heteroatoms. The lowest BCUT2D eigenvalue weighted by atomic mass is 9.71. The minimum absolute atomic E-state index is 0.321. The first-order valence-corrected chi connectivity index (χ1v) is 8.54. The molecular weight excluding hydrogens is 282 g/mol. The zero-order valence-electron chi connectivity index (χ0n) is 14.4. The first-order valence-electron chi connectivity index (χ1n) is 8.54. The van der Waals surface area contributed by atoms with Crippen molar-refractivity contribution >= 4 is 0 Å². The van der Waals surface area contributed by atoms with Crippen molar-refractivity contribution in [3.8, 4) is 0 Å². The van der Waals surface area contributed by atoms with E-state index in [2.05, 4.69) is 86.6 Å². The summed E-state index contributed by atoms with van der Waals surface area (Å²) in [6.07, 6.45) is 1.11. The van der Waals surface area contributed by atoms with E-state index >= 15 is 0 Å². The van der Waals surface area contributed by atoms with Crippen LogP contribution in [0.4, 0.5) is 0 Å². The molecule has 0 bridgehead atoms. The number of nitrogens with zero attached hydrogens (tertiary/aromatic N) is 1. The van der Waals surface area contributed by atoms with E-state index in [1.54, 1.807) is 0 Å². The maximum atomic E-state index is 6.51. The van der Waals surface area contributed by atoms with Crippen molar-refractivity contribution < 1.29 is 4.74 Å². The Morgan fingerprint density at radius 2 is 1.52 bits per heavy atom. The van der Waals surface area contributed by atoms with Crippen molar-refractivity contribution in [3.63, 3.8) is 0 Å². The Kier molecular flexibility index (Phi) is 4.84. The fraction of sp³-hybridized carbons (Fsp3) is 0.429. The number of rotatable bonds is 5. The van der Waals surface area contributed by atoms with E-state index in [9.17, 15) is 0 Å². The van der Waals surface area contributed by atoms with Crippen LogP contribution in [0, 0.1) is 11.8 Å². The molecule has 1 fully saturated rings. The van der Waals surface area contributed by atoms with Crippen LogP contribution in [0.1, 0.15) is 24.5 Å². The minimum Gasteiger partial charge on any atom is -0.365 e.